The molecule has 3 nitrogen and oxygen atoms in total. The first-order chi connectivity index (χ1) is 7.77. The number of phenolic OH excluding ortho intramolecular Hbond substituents is 1. The third-order valence-electron chi connectivity index (χ3n) is 2.43. The van der Waals surface area contributed by atoms with Crippen LogP contribution in [0.1, 0.15) is 5.56 Å². The quantitative estimate of drug-likeness (QED) is 0.543. The van der Waals surface area contributed by atoms with E-state index in [0.717, 1.165) is 11.3 Å². The molecule has 2 aromatic carbocycles. The zero-order valence-electron chi connectivity index (χ0n) is 8.85. The Bertz CT molecular complexity index is 437. The van der Waals surface area contributed by atoms with Gasteiger partial charge in [0.25, 0.3) is 0 Å². The fourth-order valence-corrected chi connectivity index (χ4v) is 1.51. The number of hydrogen-bond acceptors (Lipinski definition) is 3. The molecular formula is C13H14N2O. The first-order valence-corrected chi connectivity index (χ1v) is 5.12. The molecule has 0 aliphatic carbocycles. The van der Waals surface area contributed by atoms with Crippen LogP contribution >= 0.6 is 0 Å². The number of phenols is 1. The van der Waals surface area contributed by atoms with Gasteiger partial charge in [0.2, 0.25) is 0 Å². The largest absolute Gasteiger partial charge is 0.506 e. The first-order valence-electron chi connectivity index (χ1n) is 5.12. The SMILES string of the molecule is Nc1ccccc1CNc1ccccc1O. The molecule has 0 bridgehead atoms. The Labute approximate surface area is 94.5 Å². The molecule has 3 heteroatoms. The highest BCUT2D eigenvalue weighted by atomic mass is 16.3. The van der Waals surface area contributed by atoms with Gasteiger partial charge in [-0.15, -0.1) is 0 Å². The molecule has 4 N–H and O–H groups in total. The third-order valence-corrected chi connectivity index (χ3v) is 2.43. The smallest absolute Gasteiger partial charge is 0.138 e. The maximum absolute atomic E-state index is 9.56. The molecule has 0 aliphatic heterocycles. The van der Waals surface area contributed by atoms with Gasteiger partial charge in [-0.25, -0.2) is 0 Å². The van der Waals surface area contributed by atoms with Crippen LogP contribution < -0.4 is 11.1 Å². The number of nitrogens with two attached hydrogens (primary N) is 1. The molecule has 0 amide bonds. The van der Waals surface area contributed by atoms with Crippen LogP contribution in [0.4, 0.5) is 11.4 Å². The van der Waals surface area contributed by atoms with Gasteiger partial charge in [0.05, 0.1) is 5.69 Å². The Morgan fingerprint density at radius 1 is 1.00 bits per heavy atom. The van der Waals surface area contributed by atoms with Gasteiger partial charge < -0.3 is 16.2 Å². The number of nitrogens with one attached hydrogen (secondary N) is 1. The number of anilines is 2. The number of aromatic hydroxyl groups is 1. The molecular weight excluding hydrogens is 200 g/mol. The Hall–Kier alpha value is -2.16. The topological polar surface area (TPSA) is 58.3 Å². The van der Waals surface area contributed by atoms with Crippen molar-refractivity contribution in [2.24, 2.45) is 0 Å². The number of nitrogen functional groups attached to an aromatic ring is 1. The predicted molar refractivity (Wildman–Crippen MR) is 66.3 cm³/mol. The van der Waals surface area contributed by atoms with Gasteiger partial charge in [-0.2, -0.15) is 0 Å². The summed E-state index contributed by atoms with van der Waals surface area (Å²) in [6.45, 7) is 0.601. The minimum Gasteiger partial charge on any atom is -0.506 e. The highest BCUT2D eigenvalue weighted by Gasteiger charge is 2.00. The highest BCUT2D eigenvalue weighted by molar-refractivity contribution is 5.56. The molecule has 0 saturated carbocycles. The summed E-state index contributed by atoms with van der Waals surface area (Å²) in [6.07, 6.45) is 0. The summed E-state index contributed by atoms with van der Waals surface area (Å²) in [5.74, 6) is 0.247. The number of para-hydroxylation sites is 3. The minimum atomic E-state index is 0.247. The van der Waals surface area contributed by atoms with Gasteiger partial charge in [-0.3, -0.25) is 0 Å². The fourth-order valence-electron chi connectivity index (χ4n) is 1.51. The number of benzene rings is 2. The number of rotatable bonds is 3. The second-order valence-electron chi connectivity index (χ2n) is 3.57. The van der Waals surface area contributed by atoms with Gasteiger partial charge in [-0.05, 0) is 23.8 Å². The van der Waals surface area contributed by atoms with Crippen LogP contribution in [-0.4, -0.2) is 5.11 Å². The molecule has 2 aromatic rings. The summed E-state index contributed by atoms with van der Waals surface area (Å²) in [7, 11) is 0. The number of hydrogen-bond donors (Lipinski definition) is 3. The van der Waals surface area contributed by atoms with E-state index < -0.39 is 0 Å². The van der Waals surface area contributed by atoms with E-state index in [1.165, 1.54) is 0 Å². The summed E-state index contributed by atoms with van der Waals surface area (Å²) < 4.78 is 0. The molecule has 0 fully saturated rings. The van der Waals surface area contributed by atoms with Crippen molar-refractivity contribution in [2.45, 2.75) is 6.54 Å². The van der Waals surface area contributed by atoms with Crippen LogP contribution in [0.3, 0.4) is 0 Å². The Morgan fingerprint density at radius 2 is 1.69 bits per heavy atom. The standard InChI is InChI=1S/C13H14N2O/c14-11-6-2-1-5-10(11)9-15-12-7-3-4-8-13(12)16/h1-8,15-16H,9,14H2. The molecule has 0 radical (unpaired) electrons. The lowest BCUT2D eigenvalue weighted by atomic mass is 10.2. The lowest BCUT2D eigenvalue weighted by Crippen LogP contribution is -2.02. The van der Waals surface area contributed by atoms with Gasteiger partial charge in [0, 0.05) is 12.2 Å². The summed E-state index contributed by atoms with van der Waals surface area (Å²) in [6, 6.07) is 14.8. The lowest BCUT2D eigenvalue weighted by Gasteiger charge is -2.09. The molecule has 16 heavy (non-hydrogen) atoms. The van der Waals surface area contributed by atoms with Crippen molar-refractivity contribution in [2.75, 3.05) is 11.1 Å². The van der Waals surface area contributed by atoms with Gasteiger partial charge in [0.1, 0.15) is 5.75 Å². The van der Waals surface area contributed by atoms with E-state index in [1.54, 1.807) is 12.1 Å². The zero-order valence-corrected chi connectivity index (χ0v) is 8.85. The van der Waals surface area contributed by atoms with Crippen molar-refractivity contribution in [3.63, 3.8) is 0 Å². The summed E-state index contributed by atoms with van der Waals surface area (Å²) >= 11 is 0. The summed E-state index contributed by atoms with van der Waals surface area (Å²) in [4.78, 5) is 0. The monoisotopic (exact) mass is 214 g/mol. The van der Waals surface area contributed by atoms with Gasteiger partial charge in [0.15, 0.2) is 0 Å². The Balaban J connectivity index is 2.09. The predicted octanol–water partition coefficient (Wildman–Crippen LogP) is 2.59. The average Bonchev–Trinajstić information content (AvgIpc) is 2.30. The van der Waals surface area contributed by atoms with Gasteiger partial charge >= 0.3 is 0 Å². The van der Waals surface area contributed by atoms with E-state index in [9.17, 15) is 5.11 Å². The average molecular weight is 214 g/mol. The van der Waals surface area contributed by atoms with E-state index in [0.29, 0.717) is 12.2 Å². The van der Waals surface area contributed by atoms with Crippen molar-refractivity contribution < 1.29 is 5.11 Å². The molecule has 0 spiro atoms. The van der Waals surface area contributed by atoms with Crippen LogP contribution in [-0.2, 0) is 6.54 Å². The second kappa shape index (κ2) is 4.57. The first kappa shape index (κ1) is 10.4. The maximum atomic E-state index is 9.56. The molecule has 0 heterocycles. The molecule has 0 aliphatic rings. The molecule has 0 saturated heterocycles. The van der Waals surface area contributed by atoms with Crippen molar-refractivity contribution >= 4 is 11.4 Å². The molecule has 82 valence electrons. The highest BCUT2D eigenvalue weighted by Crippen LogP contribution is 2.22. The summed E-state index contributed by atoms with van der Waals surface area (Å²) in [5.41, 5.74) is 8.31. The van der Waals surface area contributed by atoms with Gasteiger partial charge in [-0.1, -0.05) is 30.3 Å². The summed E-state index contributed by atoms with van der Waals surface area (Å²) in [5, 5.41) is 12.7. The molecule has 2 rings (SSSR count). The van der Waals surface area contributed by atoms with Crippen LogP contribution in [0.25, 0.3) is 0 Å². The normalized spacial score (nSPS) is 10.0. The minimum absolute atomic E-state index is 0.247. The third kappa shape index (κ3) is 2.25. The molecule has 0 atom stereocenters. The second-order valence-corrected chi connectivity index (χ2v) is 3.57. The Kier molecular flexibility index (Phi) is 2.96. The van der Waals surface area contributed by atoms with Crippen molar-refractivity contribution in [1.29, 1.82) is 0 Å². The van der Waals surface area contributed by atoms with Crippen LogP contribution in [0.15, 0.2) is 48.5 Å². The van der Waals surface area contributed by atoms with Crippen molar-refractivity contribution in [1.82, 2.24) is 0 Å². The molecule has 0 unspecified atom stereocenters. The van der Waals surface area contributed by atoms with E-state index in [4.69, 9.17) is 5.73 Å². The van der Waals surface area contributed by atoms with E-state index in [2.05, 4.69) is 5.32 Å². The van der Waals surface area contributed by atoms with E-state index in [-0.39, 0.29) is 5.75 Å². The zero-order chi connectivity index (χ0) is 11.4. The van der Waals surface area contributed by atoms with Crippen LogP contribution in [0.2, 0.25) is 0 Å². The maximum Gasteiger partial charge on any atom is 0.138 e. The van der Waals surface area contributed by atoms with E-state index in [1.807, 2.05) is 36.4 Å². The lowest BCUT2D eigenvalue weighted by molar-refractivity contribution is 0.477. The van der Waals surface area contributed by atoms with Crippen LogP contribution in [0, 0.1) is 0 Å². The fraction of sp³-hybridized carbons (Fsp3) is 0.0769. The van der Waals surface area contributed by atoms with Crippen LogP contribution in [0.5, 0.6) is 5.75 Å². The van der Waals surface area contributed by atoms with Crippen molar-refractivity contribution in [3.05, 3.63) is 54.1 Å². The van der Waals surface area contributed by atoms with Crippen molar-refractivity contribution in [3.8, 4) is 5.75 Å². The molecule has 0 aromatic heterocycles. The Morgan fingerprint density at radius 3 is 2.44 bits per heavy atom. The van der Waals surface area contributed by atoms with E-state index >= 15 is 0 Å².